The van der Waals surface area contributed by atoms with Crippen molar-refractivity contribution in [3.05, 3.63) is 35.4 Å². The number of ether oxygens (including phenoxy) is 1. The topological polar surface area (TPSA) is 21.3 Å². The second-order valence-corrected chi connectivity index (χ2v) is 3.05. The van der Waals surface area contributed by atoms with Crippen molar-refractivity contribution in [3.8, 4) is 0 Å². The number of hydrogen-bond donors (Lipinski definition) is 1. The molecule has 2 heteroatoms. The van der Waals surface area contributed by atoms with Crippen molar-refractivity contribution in [1.29, 1.82) is 0 Å². The molecule has 2 rings (SSSR count). The lowest BCUT2D eigenvalue weighted by molar-refractivity contribution is 0.0955. The molecule has 1 aliphatic heterocycles. The average molecular weight is 163 g/mol. The van der Waals surface area contributed by atoms with E-state index in [0.717, 1.165) is 13.1 Å². The van der Waals surface area contributed by atoms with Crippen LogP contribution in [0.25, 0.3) is 0 Å². The first-order chi connectivity index (χ1) is 5.92. The Hall–Kier alpha value is -0.860. The highest BCUT2D eigenvalue weighted by atomic mass is 16.5. The third kappa shape index (κ3) is 1.24. The number of hydrogen-bond acceptors (Lipinski definition) is 2. The molecule has 1 aromatic rings. The van der Waals surface area contributed by atoms with Crippen LogP contribution in [0.15, 0.2) is 24.3 Å². The number of fused-ring (bicyclic) bond motifs is 1. The summed E-state index contributed by atoms with van der Waals surface area (Å²) < 4.78 is 5.36. The van der Waals surface area contributed by atoms with Crippen LogP contribution < -0.4 is 5.32 Å². The second kappa shape index (κ2) is 3.25. The first-order valence-electron chi connectivity index (χ1n) is 4.23. The van der Waals surface area contributed by atoms with Crippen molar-refractivity contribution in [3.63, 3.8) is 0 Å². The molecule has 0 amide bonds. The third-order valence-corrected chi connectivity index (χ3v) is 2.33. The van der Waals surface area contributed by atoms with Crippen LogP contribution in [0.4, 0.5) is 0 Å². The van der Waals surface area contributed by atoms with Gasteiger partial charge in [-0.1, -0.05) is 24.3 Å². The summed E-state index contributed by atoms with van der Waals surface area (Å²) in [6.07, 6.45) is 0.231. The largest absolute Gasteiger partial charge is 0.375 e. The van der Waals surface area contributed by atoms with Gasteiger partial charge >= 0.3 is 0 Å². The molecule has 0 aliphatic carbocycles. The molecule has 1 aromatic carbocycles. The van der Waals surface area contributed by atoms with E-state index in [1.54, 1.807) is 7.11 Å². The molecule has 64 valence electrons. The summed E-state index contributed by atoms with van der Waals surface area (Å²) in [5.74, 6) is 0. The minimum Gasteiger partial charge on any atom is -0.375 e. The van der Waals surface area contributed by atoms with Gasteiger partial charge in [0.15, 0.2) is 0 Å². The van der Waals surface area contributed by atoms with Gasteiger partial charge in [-0.3, -0.25) is 0 Å². The van der Waals surface area contributed by atoms with Gasteiger partial charge in [0, 0.05) is 20.2 Å². The molecule has 1 atom stereocenters. The van der Waals surface area contributed by atoms with E-state index < -0.39 is 0 Å². The van der Waals surface area contributed by atoms with Crippen LogP contribution in [0.2, 0.25) is 0 Å². The maximum absolute atomic E-state index is 5.36. The molecule has 0 saturated carbocycles. The molecule has 1 heterocycles. The summed E-state index contributed by atoms with van der Waals surface area (Å²) in [4.78, 5) is 0. The molecule has 0 unspecified atom stereocenters. The lowest BCUT2D eigenvalue weighted by atomic mass is 9.99. The van der Waals surface area contributed by atoms with Gasteiger partial charge in [0.1, 0.15) is 0 Å². The first-order valence-corrected chi connectivity index (χ1v) is 4.23. The van der Waals surface area contributed by atoms with Crippen molar-refractivity contribution in [2.75, 3.05) is 13.7 Å². The molecule has 0 spiro atoms. The van der Waals surface area contributed by atoms with E-state index >= 15 is 0 Å². The van der Waals surface area contributed by atoms with E-state index in [2.05, 4.69) is 29.6 Å². The van der Waals surface area contributed by atoms with Crippen molar-refractivity contribution in [2.45, 2.75) is 12.6 Å². The Morgan fingerprint density at radius 3 is 3.08 bits per heavy atom. The number of methoxy groups -OCH3 is 1. The maximum Gasteiger partial charge on any atom is 0.0948 e. The van der Waals surface area contributed by atoms with E-state index in [0.29, 0.717) is 0 Å². The molecular weight excluding hydrogens is 150 g/mol. The molecule has 1 aliphatic rings. The second-order valence-electron chi connectivity index (χ2n) is 3.05. The Morgan fingerprint density at radius 1 is 1.42 bits per heavy atom. The van der Waals surface area contributed by atoms with Crippen LogP contribution in [0.1, 0.15) is 17.2 Å². The average Bonchev–Trinajstić information content (AvgIpc) is 2.17. The number of rotatable bonds is 1. The van der Waals surface area contributed by atoms with Gasteiger partial charge in [0.05, 0.1) is 6.10 Å². The summed E-state index contributed by atoms with van der Waals surface area (Å²) >= 11 is 0. The highest BCUT2D eigenvalue weighted by molar-refractivity contribution is 5.31. The quantitative estimate of drug-likeness (QED) is 0.677. The Kier molecular flexibility index (Phi) is 2.11. The maximum atomic E-state index is 5.36. The van der Waals surface area contributed by atoms with Gasteiger partial charge < -0.3 is 10.1 Å². The van der Waals surface area contributed by atoms with Crippen LogP contribution >= 0.6 is 0 Å². The molecule has 0 saturated heterocycles. The van der Waals surface area contributed by atoms with E-state index in [1.165, 1.54) is 11.1 Å². The zero-order valence-corrected chi connectivity index (χ0v) is 7.21. The standard InChI is InChI=1S/C10H13NO/c1-12-10-7-11-6-8-4-2-3-5-9(8)10/h2-5,10-11H,6-7H2,1H3/t10-/m1/s1. The first kappa shape index (κ1) is 7.77. The minimum absolute atomic E-state index is 0.231. The van der Waals surface area contributed by atoms with Crippen LogP contribution in [-0.4, -0.2) is 13.7 Å². The highest BCUT2D eigenvalue weighted by Crippen LogP contribution is 2.23. The molecule has 0 fully saturated rings. The predicted molar refractivity (Wildman–Crippen MR) is 47.9 cm³/mol. The fourth-order valence-corrected chi connectivity index (χ4v) is 1.67. The van der Waals surface area contributed by atoms with Gasteiger partial charge in [-0.25, -0.2) is 0 Å². The van der Waals surface area contributed by atoms with Crippen molar-refractivity contribution in [1.82, 2.24) is 5.32 Å². The molecule has 0 radical (unpaired) electrons. The van der Waals surface area contributed by atoms with Crippen molar-refractivity contribution in [2.24, 2.45) is 0 Å². The van der Waals surface area contributed by atoms with Crippen molar-refractivity contribution < 1.29 is 4.74 Å². The lowest BCUT2D eigenvalue weighted by Crippen LogP contribution is -2.28. The predicted octanol–water partition coefficient (Wildman–Crippen LogP) is 1.48. The van der Waals surface area contributed by atoms with E-state index in [4.69, 9.17) is 4.74 Å². The lowest BCUT2D eigenvalue weighted by Gasteiger charge is -2.24. The zero-order chi connectivity index (χ0) is 8.39. The van der Waals surface area contributed by atoms with Crippen LogP contribution in [0.5, 0.6) is 0 Å². The fraction of sp³-hybridized carbons (Fsp3) is 0.400. The molecule has 1 N–H and O–H groups in total. The summed E-state index contributed by atoms with van der Waals surface area (Å²) in [5.41, 5.74) is 2.69. The van der Waals surface area contributed by atoms with Gasteiger partial charge in [-0.2, -0.15) is 0 Å². The van der Waals surface area contributed by atoms with Crippen LogP contribution in [-0.2, 0) is 11.3 Å². The third-order valence-electron chi connectivity index (χ3n) is 2.33. The Labute approximate surface area is 72.5 Å². The Balaban J connectivity index is 2.37. The van der Waals surface area contributed by atoms with Crippen molar-refractivity contribution >= 4 is 0 Å². The normalized spacial score (nSPS) is 21.9. The van der Waals surface area contributed by atoms with Gasteiger partial charge in [0.2, 0.25) is 0 Å². The minimum atomic E-state index is 0.231. The zero-order valence-electron chi connectivity index (χ0n) is 7.21. The number of nitrogens with one attached hydrogen (secondary N) is 1. The monoisotopic (exact) mass is 163 g/mol. The Morgan fingerprint density at radius 2 is 2.25 bits per heavy atom. The smallest absolute Gasteiger partial charge is 0.0948 e. The fourth-order valence-electron chi connectivity index (χ4n) is 1.67. The van der Waals surface area contributed by atoms with Gasteiger partial charge in [-0.05, 0) is 11.1 Å². The van der Waals surface area contributed by atoms with E-state index in [9.17, 15) is 0 Å². The molecule has 0 bridgehead atoms. The van der Waals surface area contributed by atoms with E-state index in [-0.39, 0.29) is 6.10 Å². The summed E-state index contributed by atoms with van der Waals surface area (Å²) in [6.45, 7) is 1.89. The molecule has 2 nitrogen and oxygen atoms in total. The molecular formula is C10H13NO. The SMILES string of the molecule is CO[C@@H]1CNCc2ccccc21. The van der Waals surface area contributed by atoms with E-state index in [1.807, 2.05) is 0 Å². The summed E-state index contributed by atoms with van der Waals surface area (Å²) in [7, 11) is 1.76. The van der Waals surface area contributed by atoms with Crippen LogP contribution in [0.3, 0.4) is 0 Å². The summed E-state index contributed by atoms with van der Waals surface area (Å²) in [5, 5.41) is 3.32. The van der Waals surface area contributed by atoms with Gasteiger partial charge in [-0.15, -0.1) is 0 Å². The highest BCUT2D eigenvalue weighted by Gasteiger charge is 2.17. The Bertz CT molecular complexity index is 272. The number of benzene rings is 1. The molecule has 0 aromatic heterocycles. The summed E-state index contributed by atoms with van der Waals surface area (Å²) in [6, 6.07) is 8.42. The van der Waals surface area contributed by atoms with Crippen LogP contribution in [0, 0.1) is 0 Å². The molecule has 12 heavy (non-hydrogen) atoms. The van der Waals surface area contributed by atoms with Gasteiger partial charge in [0.25, 0.3) is 0 Å².